The first-order chi connectivity index (χ1) is 18.2. The SMILES string of the molecule is CCC(=N)c1cc2ccccc2cc1-c1ccc(-n2c3ccccc3c3c4ccccc4ccc32)cc1. The molecule has 176 valence electrons. The molecule has 1 aromatic heterocycles. The van der Waals surface area contributed by atoms with E-state index in [1.54, 1.807) is 0 Å². The van der Waals surface area contributed by atoms with E-state index >= 15 is 0 Å². The summed E-state index contributed by atoms with van der Waals surface area (Å²) in [4.78, 5) is 0. The van der Waals surface area contributed by atoms with Gasteiger partial charge < -0.3 is 9.98 Å². The van der Waals surface area contributed by atoms with E-state index in [0.29, 0.717) is 12.1 Å². The molecule has 0 fully saturated rings. The van der Waals surface area contributed by atoms with Crippen LogP contribution in [0.1, 0.15) is 18.9 Å². The van der Waals surface area contributed by atoms with Gasteiger partial charge in [0, 0.05) is 27.7 Å². The van der Waals surface area contributed by atoms with Gasteiger partial charge in [0.2, 0.25) is 0 Å². The molecule has 0 bridgehead atoms. The Labute approximate surface area is 215 Å². The Bertz CT molecular complexity index is 1970. The van der Waals surface area contributed by atoms with E-state index in [0.717, 1.165) is 22.4 Å². The van der Waals surface area contributed by atoms with Gasteiger partial charge in [-0.2, -0.15) is 0 Å². The van der Waals surface area contributed by atoms with E-state index in [4.69, 9.17) is 5.41 Å². The van der Waals surface area contributed by atoms with Gasteiger partial charge >= 0.3 is 0 Å². The number of hydrogen-bond donors (Lipinski definition) is 1. The van der Waals surface area contributed by atoms with Crippen molar-refractivity contribution >= 4 is 49.1 Å². The minimum absolute atomic E-state index is 0.666. The summed E-state index contributed by atoms with van der Waals surface area (Å²) in [6.45, 7) is 2.05. The molecule has 0 atom stereocenters. The van der Waals surface area contributed by atoms with Crippen molar-refractivity contribution in [1.29, 1.82) is 5.41 Å². The van der Waals surface area contributed by atoms with Gasteiger partial charge in [-0.1, -0.05) is 91.9 Å². The second-order valence-corrected chi connectivity index (χ2v) is 9.66. The molecule has 0 saturated carbocycles. The molecule has 6 aromatic carbocycles. The summed E-state index contributed by atoms with van der Waals surface area (Å²) in [5.41, 5.74) is 7.49. The number of rotatable bonds is 4. The van der Waals surface area contributed by atoms with Crippen molar-refractivity contribution < 1.29 is 0 Å². The fourth-order valence-electron chi connectivity index (χ4n) is 5.73. The second kappa shape index (κ2) is 8.46. The highest BCUT2D eigenvalue weighted by molar-refractivity contribution is 6.21. The molecule has 0 aliphatic heterocycles. The van der Waals surface area contributed by atoms with Crippen molar-refractivity contribution in [3.05, 3.63) is 127 Å². The number of fused-ring (bicyclic) bond motifs is 6. The number of nitrogens with zero attached hydrogens (tertiary/aromatic N) is 1. The Morgan fingerprint density at radius 3 is 2.03 bits per heavy atom. The maximum atomic E-state index is 8.64. The van der Waals surface area contributed by atoms with E-state index in [9.17, 15) is 0 Å². The predicted octanol–water partition coefficient (Wildman–Crippen LogP) is 9.53. The Balaban J connectivity index is 1.44. The Morgan fingerprint density at radius 2 is 1.27 bits per heavy atom. The van der Waals surface area contributed by atoms with Crippen molar-refractivity contribution in [2.75, 3.05) is 0 Å². The third-order valence-corrected chi connectivity index (χ3v) is 7.56. The number of benzene rings is 6. The standard InChI is InChI=1S/C35H26N2/c1-2-32(36)31-22-26-11-4-3-10-25(26)21-30(31)24-15-18-27(19-16-24)37-33-14-8-7-13-29(33)35-28-12-6-5-9-23(28)17-20-34(35)37/h3-22,36H,2H2,1H3. The van der Waals surface area contributed by atoms with Gasteiger partial charge in [0.25, 0.3) is 0 Å². The fraction of sp³-hybridized carbons (Fsp3) is 0.0571. The fourth-order valence-corrected chi connectivity index (χ4v) is 5.73. The summed E-state index contributed by atoms with van der Waals surface area (Å²) in [7, 11) is 0. The van der Waals surface area contributed by atoms with E-state index in [2.05, 4.69) is 133 Å². The molecule has 7 aromatic rings. The summed E-state index contributed by atoms with van der Waals surface area (Å²) in [6.07, 6.45) is 0.707. The molecule has 2 nitrogen and oxygen atoms in total. The van der Waals surface area contributed by atoms with Gasteiger partial charge in [-0.3, -0.25) is 0 Å². The number of nitrogens with one attached hydrogen (secondary N) is 1. The molecular formula is C35H26N2. The Morgan fingerprint density at radius 1 is 0.622 bits per heavy atom. The van der Waals surface area contributed by atoms with Crippen LogP contribution in [-0.4, -0.2) is 10.3 Å². The molecule has 1 heterocycles. The molecule has 0 unspecified atom stereocenters. The monoisotopic (exact) mass is 474 g/mol. The van der Waals surface area contributed by atoms with Gasteiger partial charge in [-0.05, 0) is 75.5 Å². The summed E-state index contributed by atoms with van der Waals surface area (Å²) in [6, 6.07) is 43.4. The average Bonchev–Trinajstić information content (AvgIpc) is 3.31. The lowest BCUT2D eigenvalue weighted by atomic mass is 9.92. The van der Waals surface area contributed by atoms with E-state index in [-0.39, 0.29) is 0 Å². The second-order valence-electron chi connectivity index (χ2n) is 9.66. The van der Waals surface area contributed by atoms with Crippen LogP contribution >= 0.6 is 0 Å². The largest absolute Gasteiger partial charge is 0.309 e. The zero-order valence-corrected chi connectivity index (χ0v) is 20.7. The molecule has 7 rings (SSSR count). The van der Waals surface area contributed by atoms with Crippen LogP contribution in [0.25, 0.3) is 60.2 Å². The van der Waals surface area contributed by atoms with Crippen molar-refractivity contribution in [3.63, 3.8) is 0 Å². The van der Waals surface area contributed by atoms with Crippen LogP contribution in [0.2, 0.25) is 0 Å². The van der Waals surface area contributed by atoms with E-state index in [1.807, 2.05) is 0 Å². The quantitative estimate of drug-likeness (QED) is 0.246. The lowest BCUT2D eigenvalue weighted by Gasteiger charge is -2.14. The van der Waals surface area contributed by atoms with Crippen molar-refractivity contribution in [2.24, 2.45) is 0 Å². The van der Waals surface area contributed by atoms with Gasteiger partial charge in [0.1, 0.15) is 0 Å². The van der Waals surface area contributed by atoms with Crippen LogP contribution in [-0.2, 0) is 0 Å². The first kappa shape index (κ1) is 21.6. The van der Waals surface area contributed by atoms with Gasteiger partial charge in [0.05, 0.1) is 11.0 Å². The predicted molar refractivity (Wildman–Crippen MR) is 158 cm³/mol. The maximum Gasteiger partial charge on any atom is 0.0547 e. The number of para-hydroxylation sites is 1. The third-order valence-electron chi connectivity index (χ3n) is 7.56. The molecular weight excluding hydrogens is 448 g/mol. The number of aromatic nitrogens is 1. The first-order valence-corrected chi connectivity index (χ1v) is 12.9. The van der Waals surface area contributed by atoms with Gasteiger partial charge in [-0.15, -0.1) is 0 Å². The highest BCUT2D eigenvalue weighted by atomic mass is 15.0. The Kier molecular flexibility index (Phi) is 4.93. The van der Waals surface area contributed by atoms with Crippen molar-refractivity contribution in [3.8, 4) is 16.8 Å². The zero-order valence-electron chi connectivity index (χ0n) is 20.7. The molecule has 0 amide bonds. The van der Waals surface area contributed by atoms with Crippen LogP contribution in [0.15, 0.2) is 121 Å². The minimum Gasteiger partial charge on any atom is -0.309 e. The molecule has 0 saturated heterocycles. The van der Waals surface area contributed by atoms with Crippen LogP contribution in [0.4, 0.5) is 0 Å². The topological polar surface area (TPSA) is 28.8 Å². The molecule has 37 heavy (non-hydrogen) atoms. The molecule has 0 radical (unpaired) electrons. The summed E-state index contributed by atoms with van der Waals surface area (Å²) in [5.74, 6) is 0. The normalized spacial score (nSPS) is 11.6. The summed E-state index contributed by atoms with van der Waals surface area (Å²) in [5, 5.41) is 16.1. The third kappa shape index (κ3) is 3.37. The van der Waals surface area contributed by atoms with E-state index in [1.165, 1.54) is 43.4 Å². The zero-order chi connectivity index (χ0) is 24.9. The molecule has 0 spiro atoms. The van der Waals surface area contributed by atoms with E-state index < -0.39 is 0 Å². The average molecular weight is 475 g/mol. The van der Waals surface area contributed by atoms with Crippen LogP contribution in [0, 0.1) is 5.41 Å². The summed E-state index contributed by atoms with van der Waals surface area (Å²) >= 11 is 0. The smallest absolute Gasteiger partial charge is 0.0547 e. The lowest BCUT2D eigenvalue weighted by molar-refractivity contribution is 1.18. The Hall–Kier alpha value is -4.69. The molecule has 0 aliphatic rings. The van der Waals surface area contributed by atoms with Crippen molar-refractivity contribution in [1.82, 2.24) is 4.57 Å². The first-order valence-electron chi connectivity index (χ1n) is 12.9. The van der Waals surface area contributed by atoms with Crippen molar-refractivity contribution in [2.45, 2.75) is 13.3 Å². The van der Waals surface area contributed by atoms with Gasteiger partial charge in [-0.25, -0.2) is 0 Å². The highest BCUT2D eigenvalue weighted by Gasteiger charge is 2.15. The lowest BCUT2D eigenvalue weighted by Crippen LogP contribution is -2.00. The van der Waals surface area contributed by atoms with Crippen LogP contribution < -0.4 is 0 Å². The van der Waals surface area contributed by atoms with Gasteiger partial charge in [0.15, 0.2) is 0 Å². The highest BCUT2D eigenvalue weighted by Crippen LogP contribution is 2.37. The maximum absolute atomic E-state index is 8.64. The molecule has 1 N–H and O–H groups in total. The summed E-state index contributed by atoms with van der Waals surface area (Å²) < 4.78 is 2.37. The number of hydrogen-bond acceptors (Lipinski definition) is 1. The van der Waals surface area contributed by atoms with Crippen LogP contribution in [0.5, 0.6) is 0 Å². The van der Waals surface area contributed by atoms with Crippen LogP contribution in [0.3, 0.4) is 0 Å². The minimum atomic E-state index is 0.666. The molecule has 2 heteroatoms. The molecule has 0 aliphatic carbocycles.